The minimum atomic E-state index is -0.305. The lowest BCUT2D eigenvalue weighted by Gasteiger charge is -2.26. The molecular weight excluding hydrogens is 270 g/mol. The zero-order chi connectivity index (χ0) is 14.4. The summed E-state index contributed by atoms with van der Waals surface area (Å²) in [5.74, 6) is 0.626. The van der Waals surface area contributed by atoms with Gasteiger partial charge in [0.2, 0.25) is 12.7 Å². The molecule has 2 amide bonds. The molecular formula is C16H11NO4. The fraction of sp³-hybridized carbons (Fsp3) is 0.125. The van der Waals surface area contributed by atoms with Crippen LogP contribution in [-0.2, 0) is 11.2 Å². The van der Waals surface area contributed by atoms with Gasteiger partial charge in [0.15, 0.2) is 11.5 Å². The summed E-state index contributed by atoms with van der Waals surface area (Å²) in [6.45, 7) is 0.156. The van der Waals surface area contributed by atoms with Gasteiger partial charge >= 0.3 is 0 Å². The Hall–Kier alpha value is -2.82. The SMILES string of the molecule is O=C1Cc2ccccc2C(=O)N1c1ccc2c(c1)OCO2. The Morgan fingerprint density at radius 2 is 1.76 bits per heavy atom. The van der Waals surface area contributed by atoms with Crippen molar-refractivity contribution in [1.82, 2.24) is 0 Å². The van der Waals surface area contributed by atoms with Gasteiger partial charge in [-0.15, -0.1) is 0 Å². The molecule has 0 saturated heterocycles. The molecule has 0 bridgehead atoms. The molecule has 0 aromatic heterocycles. The van der Waals surface area contributed by atoms with Crippen LogP contribution in [0.2, 0.25) is 0 Å². The maximum absolute atomic E-state index is 12.6. The number of anilines is 1. The van der Waals surface area contributed by atoms with Crippen molar-refractivity contribution in [2.75, 3.05) is 11.7 Å². The van der Waals surface area contributed by atoms with E-state index in [9.17, 15) is 9.59 Å². The molecule has 0 radical (unpaired) electrons. The molecule has 5 nitrogen and oxygen atoms in total. The van der Waals surface area contributed by atoms with E-state index in [-0.39, 0.29) is 25.0 Å². The van der Waals surface area contributed by atoms with Gasteiger partial charge in [0, 0.05) is 11.6 Å². The molecule has 2 aromatic rings. The van der Waals surface area contributed by atoms with E-state index in [1.165, 1.54) is 4.90 Å². The average molecular weight is 281 g/mol. The first kappa shape index (κ1) is 12.0. The number of carbonyl (C=O) groups is 2. The molecule has 0 saturated carbocycles. The van der Waals surface area contributed by atoms with Gasteiger partial charge in [-0.25, -0.2) is 4.90 Å². The summed E-state index contributed by atoms with van der Waals surface area (Å²) in [4.78, 5) is 26.1. The van der Waals surface area contributed by atoms with Crippen molar-refractivity contribution in [1.29, 1.82) is 0 Å². The van der Waals surface area contributed by atoms with Crippen molar-refractivity contribution in [3.05, 3.63) is 53.6 Å². The van der Waals surface area contributed by atoms with Crippen LogP contribution in [0.25, 0.3) is 0 Å². The number of imide groups is 1. The Morgan fingerprint density at radius 3 is 2.67 bits per heavy atom. The van der Waals surface area contributed by atoms with Gasteiger partial charge in [-0.1, -0.05) is 18.2 Å². The molecule has 0 N–H and O–H groups in total. The number of hydrogen-bond acceptors (Lipinski definition) is 4. The maximum Gasteiger partial charge on any atom is 0.265 e. The molecule has 0 atom stereocenters. The summed E-state index contributed by atoms with van der Waals surface area (Å²) < 4.78 is 10.5. The third kappa shape index (κ3) is 1.78. The van der Waals surface area contributed by atoms with E-state index < -0.39 is 0 Å². The van der Waals surface area contributed by atoms with Gasteiger partial charge in [0.1, 0.15) is 0 Å². The lowest BCUT2D eigenvalue weighted by molar-refractivity contribution is -0.117. The molecule has 2 heterocycles. The highest BCUT2D eigenvalue weighted by molar-refractivity contribution is 6.24. The molecule has 0 unspecified atom stereocenters. The number of rotatable bonds is 1. The Morgan fingerprint density at radius 1 is 0.952 bits per heavy atom. The zero-order valence-electron chi connectivity index (χ0n) is 11.0. The second-order valence-corrected chi connectivity index (χ2v) is 4.91. The topological polar surface area (TPSA) is 55.8 Å². The van der Waals surface area contributed by atoms with Crippen LogP contribution in [0.3, 0.4) is 0 Å². The maximum atomic E-state index is 12.6. The minimum Gasteiger partial charge on any atom is -0.454 e. The highest BCUT2D eigenvalue weighted by Crippen LogP contribution is 2.36. The van der Waals surface area contributed by atoms with Crippen LogP contribution < -0.4 is 14.4 Å². The lowest BCUT2D eigenvalue weighted by atomic mass is 9.98. The predicted molar refractivity (Wildman–Crippen MR) is 74.5 cm³/mol. The van der Waals surface area contributed by atoms with Crippen LogP contribution in [0.4, 0.5) is 5.69 Å². The molecule has 4 rings (SSSR count). The summed E-state index contributed by atoms with van der Waals surface area (Å²) in [5, 5.41) is 0. The summed E-state index contributed by atoms with van der Waals surface area (Å²) in [5.41, 5.74) is 1.84. The fourth-order valence-electron chi connectivity index (χ4n) is 2.64. The van der Waals surface area contributed by atoms with Crippen molar-refractivity contribution in [3.8, 4) is 11.5 Å². The van der Waals surface area contributed by atoms with E-state index in [0.29, 0.717) is 22.7 Å². The predicted octanol–water partition coefficient (Wildman–Crippen LogP) is 2.14. The second kappa shape index (κ2) is 4.34. The quantitative estimate of drug-likeness (QED) is 0.751. The van der Waals surface area contributed by atoms with Gasteiger partial charge in [-0.3, -0.25) is 9.59 Å². The fourth-order valence-corrected chi connectivity index (χ4v) is 2.64. The summed E-state index contributed by atoms with van der Waals surface area (Å²) in [6, 6.07) is 12.2. The Kier molecular flexibility index (Phi) is 2.47. The average Bonchev–Trinajstić information content (AvgIpc) is 2.95. The van der Waals surface area contributed by atoms with Gasteiger partial charge in [-0.05, 0) is 23.8 Å². The second-order valence-electron chi connectivity index (χ2n) is 4.91. The van der Waals surface area contributed by atoms with Crippen molar-refractivity contribution >= 4 is 17.5 Å². The van der Waals surface area contributed by atoms with Crippen molar-refractivity contribution in [2.24, 2.45) is 0 Å². The monoisotopic (exact) mass is 281 g/mol. The molecule has 2 aliphatic heterocycles. The molecule has 0 spiro atoms. The van der Waals surface area contributed by atoms with Crippen LogP contribution in [0.1, 0.15) is 15.9 Å². The lowest BCUT2D eigenvalue weighted by Crippen LogP contribution is -2.42. The van der Waals surface area contributed by atoms with Crippen LogP contribution in [-0.4, -0.2) is 18.6 Å². The normalized spacial score (nSPS) is 16.1. The molecule has 0 aliphatic carbocycles. The smallest absolute Gasteiger partial charge is 0.265 e. The van der Waals surface area contributed by atoms with E-state index in [4.69, 9.17) is 9.47 Å². The molecule has 5 heteroatoms. The molecule has 0 fully saturated rings. The Bertz CT molecular complexity index is 769. The van der Waals surface area contributed by atoms with E-state index in [0.717, 1.165) is 5.56 Å². The highest BCUT2D eigenvalue weighted by atomic mass is 16.7. The third-order valence-electron chi connectivity index (χ3n) is 3.66. The van der Waals surface area contributed by atoms with E-state index >= 15 is 0 Å². The van der Waals surface area contributed by atoms with Crippen LogP contribution in [0.5, 0.6) is 11.5 Å². The number of nitrogens with zero attached hydrogens (tertiary/aromatic N) is 1. The Balaban J connectivity index is 1.79. The molecule has 2 aromatic carbocycles. The summed E-state index contributed by atoms with van der Waals surface area (Å²) in [6.07, 6.45) is 0.219. The van der Waals surface area contributed by atoms with Gasteiger partial charge in [-0.2, -0.15) is 0 Å². The molecule has 104 valence electrons. The summed E-state index contributed by atoms with van der Waals surface area (Å²) >= 11 is 0. The number of benzene rings is 2. The number of amides is 2. The first-order chi connectivity index (χ1) is 10.2. The number of hydrogen-bond donors (Lipinski definition) is 0. The largest absolute Gasteiger partial charge is 0.454 e. The van der Waals surface area contributed by atoms with Gasteiger partial charge in [0.05, 0.1) is 12.1 Å². The van der Waals surface area contributed by atoms with E-state index in [2.05, 4.69) is 0 Å². The highest BCUT2D eigenvalue weighted by Gasteiger charge is 2.32. The van der Waals surface area contributed by atoms with Gasteiger partial charge in [0.25, 0.3) is 5.91 Å². The van der Waals surface area contributed by atoms with E-state index in [1.807, 2.05) is 12.1 Å². The minimum absolute atomic E-state index is 0.156. The van der Waals surface area contributed by atoms with E-state index in [1.54, 1.807) is 30.3 Å². The zero-order valence-corrected chi connectivity index (χ0v) is 11.0. The molecule has 2 aliphatic rings. The first-order valence-electron chi connectivity index (χ1n) is 6.59. The van der Waals surface area contributed by atoms with Crippen molar-refractivity contribution in [3.63, 3.8) is 0 Å². The van der Waals surface area contributed by atoms with Crippen LogP contribution in [0, 0.1) is 0 Å². The van der Waals surface area contributed by atoms with Crippen LogP contribution in [0.15, 0.2) is 42.5 Å². The van der Waals surface area contributed by atoms with Crippen molar-refractivity contribution < 1.29 is 19.1 Å². The first-order valence-corrected chi connectivity index (χ1v) is 6.59. The molecule has 21 heavy (non-hydrogen) atoms. The van der Waals surface area contributed by atoms with Gasteiger partial charge < -0.3 is 9.47 Å². The summed E-state index contributed by atoms with van der Waals surface area (Å²) in [7, 11) is 0. The third-order valence-corrected chi connectivity index (χ3v) is 3.66. The number of ether oxygens (including phenoxy) is 2. The number of carbonyl (C=O) groups excluding carboxylic acids is 2. The Labute approximate surface area is 120 Å². The van der Waals surface area contributed by atoms with Crippen LogP contribution >= 0.6 is 0 Å². The number of fused-ring (bicyclic) bond motifs is 2. The standard InChI is InChI=1S/C16H11NO4/c18-15-7-10-3-1-2-4-12(10)16(19)17(15)11-5-6-13-14(8-11)21-9-20-13/h1-6,8H,7,9H2. The van der Waals surface area contributed by atoms with Crippen molar-refractivity contribution in [2.45, 2.75) is 6.42 Å².